The summed E-state index contributed by atoms with van der Waals surface area (Å²) in [5.41, 5.74) is 1.77. The molecule has 2 aromatic carbocycles. The predicted molar refractivity (Wildman–Crippen MR) is 149 cm³/mol. The number of allylic oxidation sites excluding steroid dienone is 1. The molecule has 1 unspecified atom stereocenters. The van der Waals surface area contributed by atoms with Gasteiger partial charge < -0.3 is 14.2 Å². The first-order chi connectivity index (χ1) is 18.6. The van der Waals surface area contributed by atoms with E-state index in [4.69, 9.17) is 14.2 Å². The van der Waals surface area contributed by atoms with Gasteiger partial charge in [0.25, 0.3) is 5.56 Å². The van der Waals surface area contributed by atoms with Crippen LogP contribution in [0.4, 0.5) is 4.39 Å². The Morgan fingerprint density at radius 1 is 1.13 bits per heavy atom. The van der Waals surface area contributed by atoms with E-state index >= 15 is 0 Å². The highest BCUT2D eigenvalue weighted by atomic mass is 32.1. The number of benzene rings is 2. The molecule has 0 radical (unpaired) electrons. The zero-order chi connectivity index (χ0) is 28.3. The van der Waals surface area contributed by atoms with Gasteiger partial charge in [0.15, 0.2) is 16.3 Å². The second kappa shape index (κ2) is 12.0. The third-order valence-corrected chi connectivity index (χ3v) is 7.19. The number of carbonyl (C=O) groups is 1. The Labute approximate surface area is 230 Å². The highest BCUT2D eigenvalue weighted by Crippen LogP contribution is 2.36. The van der Waals surface area contributed by atoms with Crippen LogP contribution in [-0.2, 0) is 9.53 Å². The SMILES string of the molecule is COc1cc(C2C(C(=O)OC(C)C)=C(C)N=c3s/c(=C\c4ccc(F)cc4)c(=O)n32)ccc1OCCC(C)C. The normalized spacial score (nSPS) is 15.4. The van der Waals surface area contributed by atoms with Crippen LogP contribution in [0.2, 0.25) is 0 Å². The van der Waals surface area contributed by atoms with Crippen molar-refractivity contribution in [3.8, 4) is 11.5 Å². The van der Waals surface area contributed by atoms with E-state index in [9.17, 15) is 14.0 Å². The van der Waals surface area contributed by atoms with Gasteiger partial charge in [0, 0.05) is 0 Å². The van der Waals surface area contributed by atoms with E-state index in [0.29, 0.717) is 50.2 Å². The smallest absolute Gasteiger partial charge is 0.338 e. The number of halogens is 1. The number of hydrogen-bond donors (Lipinski definition) is 0. The minimum atomic E-state index is -0.790. The molecule has 3 aromatic rings. The van der Waals surface area contributed by atoms with Gasteiger partial charge >= 0.3 is 5.97 Å². The number of ether oxygens (including phenoxy) is 3. The molecular formula is C30H33FN2O5S. The van der Waals surface area contributed by atoms with E-state index in [-0.39, 0.29) is 23.1 Å². The van der Waals surface area contributed by atoms with Crippen molar-refractivity contribution >= 4 is 23.4 Å². The second-order valence-corrected chi connectivity index (χ2v) is 11.0. The zero-order valence-electron chi connectivity index (χ0n) is 23.0. The molecule has 0 fully saturated rings. The molecule has 206 valence electrons. The van der Waals surface area contributed by atoms with Crippen molar-refractivity contribution in [1.29, 1.82) is 0 Å². The molecule has 1 aliphatic heterocycles. The van der Waals surface area contributed by atoms with Gasteiger partial charge in [0.2, 0.25) is 0 Å². The van der Waals surface area contributed by atoms with E-state index in [1.165, 1.54) is 28.0 Å². The highest BCUT2D eigenvalue weighted by molar-refractivity contribution is 7.07. The molecule has 0 spiro atoms. The Morgan fingerprint density at radius 2 is 1.85 bits per heavy atom. The Bertz CT molecular complexity index is 1570. The summed E-state index contributed by atoms with van der Waals surface area (Å²) in [6.45, 7) is 10.1. The first-order valence-electron chi connectivity index (χ1n) is 12.9. The fraction of sp³-hybridized carbons (Fsp3) is 0.367. The molecule has 0 bridgehead atoms. The average molecular weight is 553 g/mol. The molecule has 0 saturated heterocycles. The lowest BCUT2D eigenvalue weighted by molar-refractivity contribution is -0.143. The van der Waals surface area contributed by atoms with Crippen LogP contribution in [0.15, 0.2) is 63.5 Å². The van der Waals surface area contributed by atoms with Gasteiger partial charge in [0.1, 0.15) is 5.82 Å². The van der Waals surface area contributed by atoms with Gasteiger partial charge in [-0.05, 0) is 74.6 Å². The van der Waals surface area contributed by atoms with Crippen LogP contribution in [0, 0.1) is 11.7 Å². The number of thiazole rings is 1. The summed E-state index contributed by atoms with van der Waals surface area (Å²) >= 11 is 1.21. The molecule has 0 N–H and O–H groups in total. The fourth-order valence-electron chi connectivity index (χ4n) is 4.26. The van der Waals surface area contributed by atoms with Crippen LogP contribution in [-0.4, -0.2) is 30.4 Å². The lowest BCUT2D eigenvalue weighted by Gasteiger charge is -2.26. The molecule has 0 saturated carbocycles. The van der Waals surface area contributed by atoms with Gasteiger partial charge in [-0.2, -0.15) is 0 Å². The van der Waals surface area contributed by atoms with Crippen molar-refractivity contribution in [2.45, 2.75) is 53.2 Å². The van der Waals surface area contributed by atoms with Crippen LogP contribution in [0.25, 0.3) is 6.08 Å². The summed E-state index contributed by atoms with van der Waals surface area (Å²) in [6.07, 6.45) is 2.23. The zero-order valence-corrected chi connectivity index (χ0v) is 23.8. The van der Waals surface area contributed by atoms with E-state index in [1.807, 2.05) is 6.07 Å². The van der Waals surface area contributed by atoms with E-state index < -0.39 is 12.0 Å². The summed E-state index contributed by atoms with van der Waals surface area (Å²) in [6, 6.07) is 10.5. The number of esters is 1. The van der Waals surface area contributed by atoms with Crippen molar-refractivity contribution in [3.05, 3.63) is 90.4 Å². The highest BCUT2D eigenvalue weighted by Gasteiger charge is 2.34. The summed E-state index contributed by atoms with van der Waals surface area (Å²) in [5.74, 6) is 0.672. The summed E-state index contributed by atoms with van der Waals surface area (Å²) in [5, 5.41) is 0. The number of rotatable bonds is 9. The Balaban J connectivity index is 1.87. The Hall–Kier alpha value is -3.72. The maximum atomic E-state index is 13.8. The maximum absolute atomic E-state index is 13.8. The summed E-state index contributed by atoms with van der Waals surface area (Å²) < 4.78 is 32.5. The molecule has 1 aliphatic rings. The molecule has 1 atom stereocenters. The van der Waals surface area contributed by atoms with Gasteiger partial charge in [-0.3, -0.25) is 9.36 Å². The van der Waals surface area contributed by atoms with Crippen molar-refractivity contribution in [3.63, 3.8) is 0 Å². The third kappa shape index (κ3) is 6.30. The van der Waals surface area contributed by atoms with E-state index in [1.54, 1.807) is 58.2 Å². The second-order valence-electron chi connectivity index (χ2n) is 10.0. The van der Waals surface area contributed by atoms with E-state index in [0.717, 1.165) is 6.42 Å². The lowest BCUT2D eigenvalue weighted by Crippen LogP contribution is -2.40. The molecule has 7 nitrogen and oxygen atoms in total. The topological polar surface area (TPSA) is 79.1 Å². The fourth-order valence-corrected chi connectivity index (χ4v) is 5.31. The summed E-state index contributed by atoms with van der Waals surface area (Å²) in [4.78, 5) is 32.2. The molecule has 2 heterocycles. The Morgan fingerprint density at radius 3 is 2.49 bits per heavy atom. The van der Waals surface area contributed by atoms with Gasteiger partial charge in [-0.15, -0.1) is 0 Å². The van der Waals surface area contributed by atoms with Crippen molar-refractivity contribution in [1.82, 2.24) is 4.57 Å². The number of methoxy groups -OCH3 is 1. The first-order valence-corrected chi connectivity index (χ1v) is 13.7. The van der Waals surface area contributed by atoms with Gasteiger partial charge in [-0.1, -0.05) is 43.4 Å². The quantitative estimate of drug-likeness (QED) is 0.358. The number of carbonyl (C=O) groups excluding carboxylic acids is 1. The molecule has 4 rings (SSSR count). The standard InChI is InChI=1S/C30H33FN2O5S/c1-17(2)13-14-37-23-12-9-21(16-24(23)36-6)27-26(29(35)38-18(3)4)19(5)32-30-33(27)28(34)25(39-30)15-20-7-10-22(31)11-8-20/h7-12,15-18,27H,13-14H2,1-6H3/b25-15-. The molecular weight excluding hydrogens is 519 g/mol. The third-order valence-electron chi connectivity index (χ3n) is 6.21. The lowest BCUT2D eigenvalue weighted by atomic mass is 9.95. The van der Waals surface area contributed by atoms with E-state index in [2.05, 4.69) is 18.8 Å². The molecule has 1 aromatic heterocycles. The number of aromatic nitrogens is 1. The predicted octanol–water partition coefficient (Wildman–Crippen LogP) is 4.76. The van der Waals surface area contributed by atoms with Crippen LogP contribution in [0.1, 0.15) is 58.2 Å². The van der Waals surface area contributed by atoms with Gasteiger partial charge in [0.05, 0.1) is 41.7 Å². The maximum Gasteiger partial charge on any atom is 0.338 e. The molecule has 0 aliphatic carbocycles. The minimum Gasteiger partial charge on any atom is -0.493 e. The van der Waals surface area contributed by atoms with Crippen LogP contribution in [0.3, 0.4) is 0 Å². The first kappa shape index (κ1) is 28.3. The average Bonchev–Trinajstić information content (AvgIpc) is 3.18. The summed E-state index contributed by atoms with van der Waals surface area (Å²) in [7, 11) is 1.55. The van der Waals surface area contributed by atoms with Crippen molar-refractivity contribution in [2.75, 3.05) is 13.7 Å². The monoisotopic (exact) mass is 552 g/mol. The van der Waals surface area contributed by atoms with Crippen LogP contribution >= 0.6 is 11.3 Å². The number of fused-ring (bicyclic) bond motifs is 1. The van der Waals surface area contributed by atoms with Crippen molar-refractivity contribution < 1.29 is 23.4 Å². The molecule has 0 amide bonds. The largest absolute Gasteiger partial charge is 0.493 e. The van der Waals surface area contributed by atoms with Crippen LogP contribution < -0.4 is 24.4 Å². The molecule has 39 heavy (non-hydrogen) atoms. The van der Waals surface area contributed by atoms with Crippen LogP contribution in [0.5, 0.6) is 11.5 Å². The molecule has 9 heteroatoms. The number of nitrogens with zero attached hydrogens (tertiary/aromatic N) is 2. The number of hydrogen-bond acceptors (Lipinski definition) is 7. The minimum absolute atomic E-state index is 0.278. The van der Waals surface area contributed by atoms with Crippen molar-refractivity contribution in [2.24, 2.45) is 10.9 Å². The Kier molecular flexibility index (Phi) is 8.70. The van der Waals surface area contributed by atoms with Gasteiger partial charge in [-0.25, -0.2) is 14.2 Å².